The molecule has 0 saturated carbocycles. The number of Topliss-reactive ketones (excluding diaryl/α,β-unsaturated/α-hetero) is 1. The lowest BCUT2D eigenvalue weighted by atomic mass is 9.97. The quantitative estimate of drug-likeness (QED) is 0.720. The highest BCUT2D eigenvalue weighted by Gasteiger charge is 2.17. The summed E-state index contributed by atoms with van der Waals surface area (Å²) in [5.74, 6) is 1.81. The van der Waals surface area contributed by atoms with Crippen LogP contribution in [0.3, 0.4) is 0 Å². The van der Waals surface area contributed by atoms with Crippen molar-refractivity contribution in [1.29, 1.82) is 0 Å². The molecule has 0 radical (unpaired) electrons. The fourth-order valence-electron chi connectivity index (χ4n) is 1.92. The van der Waals surface area contributed by atoms with Crippen LogP contribution in [-0.2, 0) is 0 Å². The van der Waals surface area contributed by atoms with Gasteiger partial charge in [0.1, 0.15) is 11.5 Å². The average molecular weight is 250 g/mol. The molecule has 0 fully saturated rings. The number of carbonyl (C=O) groups is 1. The van der Waals surface area contributed by atoms with Crippen molar-refractivity contribution < 1.29 is 14.3 Å². The lowest BCUT2D eigenvalue weighted by Crippen LogP contribution is -2.06. The molecule has 0 saturated heterocycles. The van der Waals surface area contributed by atoms with E-state index in [0.717, 1.165) is 17.1 Å². The first-order chi connectivity index (χ1) is 8.51. The van der Waals surface area contributed by atoms with Gasteiger partial charge in [-0.2, -0.15) is 0 Å². The second-order valence-corrected chi connectivity index (χ2v) is 4.46. The zero-order valence-corrected chi connectivity index (χ0v) is 11.9. The molecule has 0 spiro atoms. The highest BCUT2D eigenvalue weighted by atomic mass is 16.5. The topological polar surface area (TPSA) is 35.5 Å². The second kappa shape index (κ2) is 6.43. The first-order valence-corrected chi connectivity index (χ1v) is 6.45. The van der Waals surface area contributed by atoms with Gasteiger partial charge in [-0.15, -0.1) is 0 Å². The Morgan fingerprint density at radius 2 is 1.56 bits per heavy atom. The number of carbonyl (C=O) groups excluding carboxylic acids is 1. The maximum atomic E-state index is 11.5. The normalized spacial score (nSPS) is 10.6. The Kier molecular flexibility index (Phi) is 5.20. The zero-order valence-electron chi connectivity index (χ0n) is 11.9. The highest BCUT2D eigenvalue weighted by Crippen LogP contribution is 2.36. The summed E-state index contributed by atoms with van der Waals surface area (Å²) in [7, 11) is 0. The summed E-state index contributed by atoms with van der Waals surface area (Å²) < 4.78 is 11.3. The maximum absolute atomic E-state index is 11.5. The summed E-state index contributed by atoms with van der Waals surface area (Å²) >= 11 is 0. The van der Waals surface area contributed by atoms with E-state index in [2.05, 4.69) is 13.8 Å². The van der Waals surface area contributed by atoms with Crippen LogP contribution in [0.1, 0.15) is 56.5 Å². The average Bonchev–Trinajstić information content (AvgIpc) is 2.28. The Bertz CT molecular complexity index is 395. The maximum Gasteiger partial charge on any atom is 0.160 e. The largest absolute Gasteiger partial charge is 0.493 e. The van der Waals surface area contributed by atoms with Crippen molar-refractivity contribution in [2.24, 2.45) is 0 Å². The third-order valence-electron chi connectivity index (χ3n) is 2.69. The number of ketones is 1. The minimum atomic E-state index is 0.0206. The second-order valence-electron chi connectivity index (χ2n) is 4.46. The Labute approximate surface area is 109 Å². The Morgan fingerprint density at radius 3 is 1.83 bits per heavy atom. The summed E-state index contributed by atoms with van der Waals surface area (Å²) in [5, 5.41) is 0. The van der Waals surface area contributed by atoms with E-state index in [-0.39, 0.29) is 11.7 Å². The molecule has 0 atom stereocenters. The van der Waals surface area contributed by atoms with Crippen LogP contribution in [0.25, 0.3) is 0 Å². The van der Waals surface area contributed by atoms with E-state index in [1.807, 2.05) is 26.0 Å². The fourth-order valence-corrected chi connectivity index (χ4v) is 1.92. The Morgan fingerprint density at radius 1 is 1.11 bits per heavy atom. The molecule has 1 aromatic rings. The molecule has 0 aromatic heterocycles. The van der Waals surface area contributed by atoms with Crippen LogP contribution in [0.2, 0.25) is 0 Å². The van der Waals surface area contributed by atoms with Crippen molar-refractivity contribution in [3.63, 3.8) is 0 Å². The van der Waals surface area contributed by atoms with Gasteiger partial charge in [0.25, 0.3) is 0 Å². The van der Waals surface area contributed by atoms with Crippen LogP contribution in [-0.4, -0.2) is 19.0 Å². The number of benzene rings is 1. The third kappa shape index (κ3) is 3.25. The summed E-state index contributed by atoms with van der Waals surface area (Å²) in [6.45, 7) is 10.8. The van der Waals surface area contributed by atoms with Crippen molar-refractivity contribution in [3.05, 3.63) is 23.3 Å². The minimum absolute atomic E-state index is 0.0206. The van der Waals surface area contributed by atoms with Crippen LogP contribution >= 0.6 is 0 Å². The smallest absolute Gasteiger partial charge is 0.160 e. The number of hydrogen-bond donors (Lipinski definition) is 0. The molecular formula is C15H22O3. The van der Waals surface area contributed by atoms with Gasteiger partial charge in [0, 0.05) is 11.1 Å². The lowest BCUT2D eigenvalue weighted by Gasteiger charge is -2.19. The number of rotatable bonds is 6. The van der Waals surface area contributed by atoms with Crippen LogP contribution < -0.4 is 9.47 Å². The Hall–Kier alpha value is -1.51. The molecule has 0 bridgehead atoms. The van der Waals surface area contributed by atoms with Crippen molar-refractivity contribution in [2.75, 3.05) is 13.2 Å². The minimum Gasteiger partial charge on any atom is -0.493 e. The van der Waals surface area contributed by atoms with E-state index in [1.165, 1.54) is 0 Å². The molecule has 3 nitrogen and oxygen atoms in total. The lowest BCUT2D eigenvalue weighted by molar-refractivity contribution is 0.101. The number of ether oxygens (including phenoxy) is 2. The van der Waals surface area contributed by atoms with E-state index in [1.54, 1.807) is 6.92 Å². The summed E-state index contributed by atoms with van der Waals surface area (Å²) in [5.41, 5.74) is 1.66. The van der Waals surface area contributed by atoms with Gasteiger partial charge in [0.2, 0.25) is 0 Å². The summed E-state index contributed by atoms with van der Waals surface area (Å²) in [6, 6.07) is 3.62. The molecule has 1 aromatic carbocycles. The summed E-state index contributed by atoms with van der Waals surface area (Å²) in [6.07, 6.45) is 0. The van der Waals surface area contributed by atoms with Crippen LogP contribution in [0, 0.1) is 0 Å². The van der Waals surface area contributed by atoms with Crippen LogP contribution in [0.15, 0.2) is 12.1 Å². The molecule has 100 valence electrons. The van der Waals surface area contributed by atoms with Gasteiger partial charge in [0.15, 0.2) is 5.78 Å². The van der Waals surface area contributed by atoms with Crippen molar-refractivity contribution in [3.8, 4) is 11.5 Å². The van der Waals surface area contributed by atoms with Gasteiger partial charge >= 0.3 is 0 Å². The Balaban J connectivity index is 3.38. The molecule has 18 heavy (non-hydrogen) atoms. The number of hydrogen-bond acceptors (Lipinski definition) is 3. The highest BCUT2D eigenvalue weighted by molar-refractivity contribution is 5.95. The van der Waals surface area contributed by atoms with Crippen molar-refractivity contribution >= 4 is 5.78 Å². The molecule has 0 unspecified atom stereocenters. The fraction of sp³-hybridized carbons (Fsp3) is 0.533. The predicted molar refractivity (Wildman–Crippen MR) is 72.9 cm³/mol. The summed E-state index contributed by atoms with van der Waals surface area (Å²) in [4.78, 5) is 11.5. The van der Waals surface area contributed by atoms with Gasteiger partial charge < -0.3 is 9.47 Å². The van der Waals surface area contributed by atoms with E-state index in [0.29, 0.717) is 18.8 Å². The monoisotopic (exact) mass is 250 g/mol. The van der Waals surface area contributed by atoms with Crippen molar-refractivity contribution in [1.82, 2.24) is 0 Å². The van der Waals surface area contributed by atoms with E-state index < -0.39 is 0 Å². The van der Waals surface area contributed by atoms with Gasteiger partial charge in [0.05, 0.1) is 13.2 Å². The van der Waals surface area contributed by atoms with Gasteiger partial charge in [-0.25, -0.2) is 0 Å². The molecule has 0 N–H and O–H groups in total. The van der Waals surface area contributed by atoms with Crippen LogP contribution in [0.5, 0.6) is 11.5 Å². The van der Waals surface area contributed by atoms with E-state index >= 15 is 0 Å². The van der Waals surface area contributed by atoms with E-state index in [4.69, 9.17) is 9.47 Å². The first-order valence-electron chi connectivity index (χ1n) is 6.45. The SMILES string of the molecule is CCOc1cc(C(C)=O)cc(OCC)c1C(C)C. The third-order valence-corrected chi connectivity index (χ3v) is 2.69. The zero-order chi connectivity index (χ0) is 13.7. The molecular weight excluding hydrogens is 228 g/mol. The first kappa shape index (κ1) is 14.6. The molecule has 0 amide bonds. The van der Waals surface area contributed by atoms with Gasteiger partial charge in [-0.1, -0.05) is 13.8 Å². The molecule has 0 aliphatic heterocycles. The molecule has 3 heteroatoms. The molecule has 0 heterocycles. The predicted octanol–water partition coefficient (Wildman–Crippen LogP) is 3.81. The van der Waals surface area contributed by atoms with Gasteiger partial charge in [-0.05, 0) is 38.8 Å². The molecule has 1 rings (SSSR count). The van der Waals surface area contributed by atoms with Gasteiger partial charge in [-0.3, -0.25) is 4.79 Å². The van der Waals surface area contributed by atoms with Crippen molar-refractivity contribution in [2.45, 2.75) is 40.5 Å². The van der Waals surface area contributed by atoms with E-state index in [9.17, 15) is 4.79 Å². The van der Waals surface area contributed by atoms with Crippen LogP contribution in [0.4, 0.5) is 0 Å². The standard InChI is InChI=1S/C15H22O3/c1-6-17-13-8-12(11(5)16)9-14(18-7-2)15(13)10(3)4/h8-10H,6-7H2,1-5H3. The molecule has 0 aliphatic carbocycles. The molecule has 0 aliphatic rings.